The zero-order chi connectivity index (χ0) is 11.4. The highest BCUT2D eigenvalue weighted by Gasteiger charge is 2.64. The van der Waals surface area contributed by atoms with Gasteiger partial charge >= 0.3 is 0 Å². The van der Waals surface area contributed by atoms with Crippen LogP contribution in [0.1, 0.15) is 31.2 Å². The number of nitrogens with two attached hydrogens (primary N) is 1. The number of ether oxygens (including phenoxy) is 1. The highest BCUT2D eigenvalue weighted by molar-refractivity contribution is 5.48. The molecule has 0 heterocycles. The molecule has 0 unspecified atom stereocenters. The van der Waals surface area contributed by atoms with E-state index in [0.717, 1.165) is 37.0 Å². The van der Waals surface area contributed by atoms with Gasteiger partial charge in [-0.1, -0.05) is 0 Å². The predicted molar refractivity (Wildman–Crippen MR) is 60.0 cm³/mol. The summed E-state index contributed by atoms with van der Waals surface area (Å²) in [5.74, 6) is 0.571. The van der Waals surface area contributed by atoms with Gasteiger partial charge in [0.1, 0.15) is 11.6 Å². The van der Waals surface area contributed by atoms with Crippen molar-refractivity contribution < 1.29 is 9.13 Å². The number of hydrogen-bond donors (Lipinski definition) is 1. The summed E-state index contributed by atoms with van der Waals surface area (Å²) in [6.45, 7) is 0. The Bertz CT molecular complexity index is 436. The molecular weight excluding hydrogens is 205 g/mol. The summed E-state index contributed by atoms with van der Waals surface area (Å²) in [6, 6.07) is 4.74. The van der Waals surface area contributed by atoms with Crippen LogP contribution in [0.25, 0.3) is 0 Å². The van der Waals surface area contributed by atoms with E-state index in [4.69, 9.17) is 10.5 Å². The molecule has 0 saturated heterocycles. The summed E-state index contributed by atoms with van der Waals surface area (Å²) in [7, 11) is 1.63. The van der Waals surface area contributed by atoms with Gasteiger partial charge in [-0.15, -0.1) is 0 Å². The van der Waals surface area contributed by atoms with Crippen LogP contribution in [0.15, 0.2) is 18.2 Å². The summed E-state index contributed by atoms with van der Waals surface area (Å²) in [6.07, 6.45) is 4.21. The van der Waals surface area contributed by atoms with Crippen molar-refractivity contribution in [3.63, 3.8) is 0 Å². The van der Waals surface area contributed by atoms with Gasteiger partial charge in [-0.05, 0) is 43.9 Å². The highest BCUT2D eigenvalue weighted by Crippen LogP contribution is 2.65. The van der Waals surface area contributed by atoms with Gasteiger partial charge in [0.05, 0.1) is 7.11 Å². The van der Waals surface area contributed by atoms with Gasteiger partial charge in [0, 0.05) is 16.5 Å². The Labute approximate surface area is 94.6 Å². The molecule has 16 heavy (non-hydrogen) atoms. The third kappa shape index (κ3) is 1.21. The number of halogens is 1. The van der Waals surface area contributed by atoms with E-state index in [2.05, 4.69) is 0 Å². The van der Waals surface area contributed by atoms with Crippen molar-refractivity contribution in [2.45, 2.75) is 36.6 Å². The van der Waals surface area contributed by atoms with E-state index in [1.54, 1.807) is 19.2 Å². The van der Waals surface area contributed by atoms with Gasteiger partial charge < -0.3 is 10.5 Å². The van der Waals surface area contributed by atoms with Gasteiger partial charge in [-0.2, -0.15) is 0 Å². The molecule has 2 fully saturated rings. The van der Waals surface area contributed by atoms with Crippen molar-refractivity contribution in [1.29, 1.82) is 0 Å². The summed E-state index contributed by atoms with van der Waals surface area (Å²) in [4.78, 5) is 0. The Balaban J connectivity index is 2.09. The summed E-state index contributed by atoms with van der Waals surface area (Å²) in [5, 5.41) is 0. The number of methoxy groups -OCH3 is 1. The molecule has 86 valence electrons. The zero-order valence-electron chi connectivity index (χ0n) is 9.42. The minimum absolute atomic E-state index is 0.0134. The highest BCUT2D eigenvalue weighted by atomic mass is 19.1. The van der Waals surface area contributed by atoms with E-state index in [0.29, 0.717) is 0 Å². The SMILES string of the molecule is COc1ccc(F)cc1C1(C2(N)CC2)CC1. The molecular formula is C13H16FNO. The molecule has 0 aliphatic heterocycles. The Hall–Kier alpha value is -1.09. The van der Waals surface area contributed by atoms with Crippen LogP contribution in [-0.2, 0) is 5.41 Å². The molecule has 0 spiro atoms. The second-order valence-corrected chi connectivity index (χ2v) is 5.08. The molecule has 2 saturated carbocycles. The maximum atomic E-state index is 13.4. The minimum Gasteiger partial charge on any atom is -0.496 e. The van der Waals surface area contributed by atoms with E-state index in [9.17, 15) is 4.39 Å². The first kappa shape index (κ1) is 10.1. The van der Waals surface area contributed by atoms with Crippen molar-refractivity contribution in [2.75, 3.05) is 7.11 Å². The Morgan fingerprint density at radius 3 is 2.44 bits per heavy atom. The van der Waals surface area contributed by atoms with Crippen molar-refractivity contribution in [3.8, 4) is 5.75 Å². The Morgan fingerprint density at radius 1 is 1.25 bits per heavy atom. The first-order valence-corrected chi connectivity index (χ1v) is 5.74. The van der Waals surface area contributed by atoms with Crippen LogP contribution in [0.3, 0.4) is 0 Å². The number of hydrogen-bond acceptors (Lipinski definition) is 2. The third-order valence-electron chi connectivity index (χ3n) is 4.17. The summed E-state index contributed by atoms with van der Waals surface area (Å²) < 4.78 is 18.7. The van der Waals surface area contributed by atoms with Crippen molar-refractivity contribution in [1.82, 2.24) is 0 Å². The lowest BCUT2D eigenvalue weighted by molar-refractivity contribution is 0.391. The fraction of sp³-hybridized carbons (Fsp3) is 0.538. The van der Waals surface area contributed by atoms with Crippen LogP contribution >= 0.6 is 0 Å². The van der Waals surface area contributed by atoms with Crippen LogP contribution in [-0.4, -0.2) is 12.6 Å². The molecule has 2 N–H and O–H groups in total. The number of benzene rings is 1. The molecule has 3 heteroatoms. The monoisotopic (exact) mass is 221 g/mol. The number of rotatable bonds is 3. The molecule has 3 rings (SSSR count). The lowest BCUT2D eigenvalue weighted by Crippen LogP contribution is -2.37. The molecule has 1 aromatic carbocycles. The molecule has 0 bridgehead atoms. The quantitative estimate of drug-likeness (QED) is 0.850. The third-order valence-corrected chi connectivity index (χ3v) is 4.17. The van der Waals surface area contributed by atoms with Gasteiger partial charge in [0.15, 0.2) is 0 Å². The van der Waals surface area contributed by atoms with Crippen LogP contribution in [0.5, 0.6) is 5.75 Å². The second kappa shape index (κ2) is 2.98. The summed E-state index contributed by atoms with van der Waals surface area (Å²) in [5.41, 5.74) is 7.17. The van der Waals surface area contributed by atoms with Crippen molar-refractivity contribution in [3.05, 3.63) is 29.6 Å². The smallest absolute Gasteiger partial charge is 0.123 e. The fourth-order valence-corrected chi connectivity index (χ4v) is 2.83. The largest absolute Gasteiger partial charge is 0.496 e. The Kier molecular flexibility index (Phi) is 1.88. The topological polar surface area (TPSA) is 35.2 Å². The van der Waals surface area contributed by atoms with Crippen molar-refractivity contribution in [2.24, 2.45) is 5.73 Å². The van der Waals surface area contributed by atoms with Gasteiger partial charge in [-0.25, -0.2) is 4.39 Å². The van der Waals surface area contributed by atoms with E-state index >= 15 is 0 Å². The fourth-order valence-electron chi connectivity index (χ4n) is 2.83. The maximum absolute atomic E-state index is 13.4. The molecule has 0 aromatic heterocycles. The molecule has 0 radical (unpaired) electrons. The van der Waals surface area contributed by atoms with Crippen LogP contribution < -0.4 is 10.5 Å². The van der Waals surface area contributed by atoms with Crippen LogP contribution in [0.4, 0.5) is 4.39 Å². The maximum Gasteiger partial charge on any atom is 0.123 e. The standard InChI is InChI=1S/C13H16FNO/c1-16-11-3-2-9(14)8-10(11)12(4-5-12)13(15)6-7-13/h2-3,8H,4-7,15H2,1H3. The van der Waals surface area contributed by atoms with E-state index < -0.39 is 0 Å². The van der Waals surface area contributed by atoms with Crippen LogP contribution in [0, 0.1) is 5.82 Å². The van der Waals surface area contributed by atoms with Crippen molar-refractivity contribution >= 4 is 0 Å². The van der Waals surface area contributed by atoms with E-state index in [1.807, 2.05) is 0 Å². The average molecular weight is 221 g/mol. The average Bonchev–Trinajstić information content (AvgIpc) is 3.13. The molecule has 1 aromatic rings. The first-order chi connectivity index (χ1) is 7.61. The second-order valence-electron chi connectivity index (χ2n) is 5.08. The molecule has 2 aliphatic rings. The normalized spacial score (nSPS) is 23.9. The summed E-state index contributed by atoms with van der Waals surface area (Å²) >= 11 is 0. The van der Waals surface area contributed by atoms with Crippen LogP contribution in [0.2, 0.25) is 0 Å². The van der Waals surface area contributed by atoms with Gasteiger partial charge in [0.2, 0.25) is 0 Å². The lowest BCUT2D eigenvalue weighted by atomic mass is 9.85. The van der Waals surface area contributed by atoms with Gasteiger partial charge in [0.25, 0.3) is 0 Å². The molecule has 2 nitrogen and oxygen atoms in total. The first-order valence-electron chi connectivity index (χ1n) is 5.74. The minimum atomic E-state index is -0.202. The van der Waals surface area contributed by atoms with Gasteiger partial charge in [-0.3, -0.25) is 0 Å². The molecule has 0 amide bonds. The van der Waals surface area contributed by atoms with E-state index in [1.165, 1.54) is 6.07 Å². The Morgan fingerprint density at radius 2 is 1.94 bits per heavy atom. The molecule has 0 atom stereocenters. The zero-order valence-corrected chi connectivity index (χ0v) is 9.42. The molecule has 2 aliphatic carbocycles. The van der Waals surface area contributed by atoms with E-state index in [-0.39, 0.29) is 16.8 Å². The lowest BCUT2D eigenvalue weighted by Gasteiger charge is -2.25. The predicted octanol–water partition coefficient (Wildman–Crippen LogP) is 2.36.